The predicted octanol–water partition coefficient (Wildman–Crippen LogP) is 5.06. The molecule has 0 unspecified atom stereocenters. The fraction of sp³-hybridized carbons (Fsp3) is 0.720. The number of ether oxygens (including phenoxy) is 1. The lowest BCUT2D eigenvalue weighted by molar-refractivity contribution is -0.152. The van der Waals surface area contributed by atoms with Crippen molar-refractivity contribution >= 4 is 5.97 Å². The maximum absolute atomic E-state index is 11.5. The Morgan fingerprint density at radius 1 is 1.41 bits per heavy atom. The molecule has 1 aliphatic heterocycles. The van der Waals surface area contributed by atoms with Gasteiger partial charge in [0.05, 0.1) is 6.10 Å². The predicted molar refractivity (Wildman–Crippen MR) is 115 cm³/mol. The van der Waals surface area contributed by atoms with Crippen LogP contribution >= 0.6 is 0 Å². The lowest BCUT2D eigenvalue weighted by atomic mass is 9.50. The minimum atomic E-state index is -1.31. The highest BCUT2D eigenvalue weighted by atomic mass is 16.6. The summed E-state index contributed by atoms with van der Waals surface area (Å²) in [6, 6.07) is 0. The molecular formula is C25H38O4. The molecule has 0 aromatic carbocycles. The molecule has 3 rings (SSSR count). The van der Waals surface area contributed by atoms with Crippen LogP contribution in [0.4, 0.5) is 0 Å². The van der Waals surface area contributed by atoms with Gasteiger partial charge in [0.2, 0.25) is 6.29 Å². The molecule has 1 heterocycles. The van der Waals surface area contributed by atoms with Crippen molar-refractivity contribution in [2.45, 2.75) is 91.5 Å². The van der Waals surface area contributed by atoms with E-state index in [1.807, 2.05) is 0 Å². The highest BCUT2D eigenvalue weighted by Gasteiger charge is 2.50. The number of hydrogen-bond acceptors (Lipinski definition) is 4. The molecule has 1 saturated carbocycles. The smallest absolute Gasteiger partial charge is 0.333 e. The number of allylic oxidation sites excluding steroid dienone is 3. The fourth-order valence-corrected chi connectivity index (χ4v) is 6.01. The topological polar surface area (TPSA) is 66.8 Å². The molecule has 0 bridgehead atoms. The highest BCUT2D eigenvalue weighted by molar-refractivity contribution is 5.85. The number of hydrogen-bond donors (Lipinski definition) is 2. The molecule has 4 heteroatoms. The van der Waals surface area contributed by atoms with Gasteiger partial charge >= 0.3 is 5.97 Å². The van der Waals surface area contributed by atoms with E-state index in [4.69, 9.17) is 4.74 Å². The van der Waals surface area contributed by atoms with Crippen molar-refractivity contribution in [2.75, 3.05) is 0 Å². The van der Waals surface area contributed by atoms with Gasteiger partial charge in [-0.15, -0.1) is 6.58 Å². The SMILES string of the molecule is C=C(C)CCC[C@@]1(C)CCC[C@H]2C1=CC[C@H](C)[C@]2(C)C[C@H](O)C1=CC(=O)O[C@@H]1O. The lowest BCUT2D eigenvalue weighted by Gasteiger charge is -2.54. The van der Waals surface area contributed by atoms with Crippen LogP contribution in [-0.2, 0) is 9.53 Å². The van der Waals surface area contributed by atoms with E-state index in [9.17, 15) is 15.0 Å². The number of aliphatic hydroxyl groups excluding tert-OH is 2. The normalized spacial score (nSPS) is 38.0. The second kappa shape index (κ2) is 8.39. The van der Waals surface area contributed by atoms with Gasteiger partial charge in [-0.05, 0) is 74.5 Å². The van der Waals surface area contributed by atoms with E-state index in [-0.39, 0.29) is 10.8 Å². The summed E-state index contributed by atoms with van der Waals surface area (Å²) in [6.45, 7) is 13.1. The average molecular weight is 403 g/mol. The first kappa shape index (κ1) is 22.3. The molecule has 0 radical (unpaired) electrons. The lowest BCUT2D eigenvalue weighted by Crippen LogP contribution is -2.46. The second-order valence-corrected chi connectivity index (χ2v) is 10.3. The maximum Gasteiger partial charge on any atom is 0.333 e. The number of fused-ring (bicyclic) bond motifs is 1. The zero-order valence-electron chi connectivity index (χ0n) is 18.5. The van der Waals surface area contributed by atoms with Crippen LogP contribution in [0.3, 0.4) is 0 Å². The molecule has 2 N–H and O–H groups in total. The van der Waals surface area contributed by atoms with Crippen LogP contribution in [-0.4, -0.2) is 28.6 Å². The first-order valence-electron chi connectivity index (χ1n) is 11.2. The summed E-state index contributed by atoms with van der Waals surface area (Å²) in [7, 11) is 0. The zero-order chi connectivity index (χ0) is 21.4. The number of carbonyl (C=O) groups excluding carboxylic acids is 1. The van der Waals surface area contributed by atoms with Crippen molar-refractivity contribution in [3.05, 3.63) is 35.5 Å². The van der Waals surface area contributed by atoms with Gasteiger partial charge in [0, 0.05) is 11.6 Å². The summed E-state index contributed by atoms with van der Waals surface area (Å²) in [4.78, 5) is 11.5. The van der Waals surface area contributed by atoms with E-state index >= 15 is 0 Å². The van der Waals surface area contributed by atoms with Gasteiger partial charge in [0.25, 0.3) is 0 Å². The van der Waals surface area contributed by atoms with E-state index in [0.717, 1.165) is 19.3 Å². The maximum atomic E-state index is 11.5. The molecule has 4 nitrogen and oxygen atoms in total. The van der Waals surface area contributed by atoms with E-state index in [1.165, 1.54) is 37.3 Å². The van der Waals surface area contributed by atoms with Crippen molar-refractivity contribution in [1.82, 2.24) is 0 Å². The number of carbonyl (C=O) groups is 1. The quantitative estimate of drug-likeness (QED) is 0.461. The number of aliphatic hydroxyl groups is 2. The monoisotopic (exact) mass is 402 g/mol. The molecule has 0 amide bonds. The second-order valence-electron chi connectivity index (χ2n) is 10.3. The van der Waals surface area contributed by atoms with Gasteiger partial charge in [-0.3, -0.25) is 0 Å². The third-order valence-corrected chi connectivity index (χ3v) is 8.05. The summed E-state index contributed by atoms with van der Waals surface area (Å²) < 4.78 is 4.79. The van der Waals surface area contributed by atoms with Gasteiger partial charge in [-0.1, -0.05) is 44.4 Å². The van der Waals surface area contributed by atoms with E-state index in [0.29, 0.717) is 23.8 Å². The summed E-state index contributed by atoms with van der Waals surface area (Å²) in [5, 5.41) is 20.9. The minimum absolute atomic E-state index is 0.0776. The summed E-state index contributed by atoms with van der Waals surface area (Å²) >= 11 is 0. The van der Waals surface area contributed by atoms with E-state index < -0.39 is 18.4 Å². The van der Waals surface area contributed by atoms with Gasteiger partial charge in [0.1, 0.15) is 0 Å². The first-order valence-corrected chi connectivity index (χ1v) is 11.2. The Labute approximate surface area is 175 Å². The Morgan fingerprint density at radius 3 is 2.76 bits per heavy atom. The number of esters is 1. The summed E-state index contributed by atoms with van der Waals surface area (Å²) in [6.07, 6.45) is 10.1. The molecule has 2 aliphatic carbocycles. The van der Waals surface area contributed by atoms with Crippen LogP contribution in [0.15, 0.2) is 35.5 Å². The van der Waals surface area contributed by atoms with Gasteiger partial charge < -0.3 is 14.9 Å². The van der Waals surface area contributed by atoms with Crippen LogP contribution in [0.5, 0.6) is 0 Å². The molecule has 29 heavy (non-hydrogen) atoms. The van der Waals surface area contributed by atoms with Crippen LogP contribution in [0, 0.1) is 22.7 Å². The van der Waals surface area contributed by atoms with Crippen LogP contribution in [0.2, 0.25) is 0 Å². The van der Waals surface area contributed by atoms with Gasteiger partial charge in [0.15, 0.2) is 0 Å². The number of rotatable bonds is 7. The van der Waals surface area contributed by atoms with E-state index in [2.05, 4.69) is 40.3 Å². The molecule has 0 aromatic rings. The zero-order valence-corrected chi connectivity index (χ0v) is 18.5. The minimum Gasteiger partial charge on any atom is -0.429 e. The third kappa shape index (κ3) is 4.39. The molecule has 3 aliphatic rings. The highest BCUT2D eigenvalue weighted by Crippen LogP contribution is 2.59. The van der Waals surface area contributed by atoms with E-state index in [1.54, 1.807) is 5.57 Å². The van der Waals surface area contributed by atoms with Crippen molar-refractivity contribution in [1.29, 1.82) is 0 Å². The molecular weight excluding hydrogens is 364 g/mol. The standard InChI is InChI=1S/C25H38O4/c1-16(2)8-6-12-24(4)13-7-9-20-19(24)11-10-17(3)25(20,5)15-21(26)18-14-22(27)29-23(18)28/h11,14,17,20-21,23,26,28H,1,6-10,12-13,15H2,2-5H3/t17-,20-,21-,23-,24-,25-/m0/s1. The van der Waals surface area contributed by atoms with Crippen LogP contribution in [0.1, 0.15) is 79.1 Å². The van der Waals surface area contributed by atoms with Crippen molar-refractivity contribution in [2.24, 2.45) is 22.7 Å². The Bertz CT molecular complexity index is 720. The van der Waals surface area contributed by atoms with Crippen LogP contribution < -0.4 is 0 Å². The molecule has 1 fully saturated rings. The first-order chi connectivity index (χ1) is 13.6. The molecule has 6 atom stereocenters. The summed E-state index contributed by atoms with van der Waals surface area (Å²) in [5.41, 5.74) is 3.27. The average Bonchev–Trinajstić information content (AvgIpc) is 2.97. The fourth-order valence-electron chi connectivity index (χ4n) is 6.01. The van der Waals surface area contributed by atoms with Gasteiger partial charge in [-0.2, -0.15) is 0 Å². The largest absolute Gasteiger partial charge is 0.429 e. The Morgan fingerprint density at radius 2 is 2.14 bits per heavy atom. The Hall–Kier alpha value is -1.39. The third-order valence-electron chi connectivity index (χ3n) is 8.05. The molecule has 0 saturated heterocycles. The van der Waals surface area contributed by atoms with Crippen LogP contribution in [0.25, 0.3) is 0 Å². The van der Waals surface area contributed by atoms with Gasteiger partial charge in [-0.25, -0.2) is 4.79 Å². The summed E-state index contributed by atoms with van der Waals surface area (Å²) in [5.74, 6) is 0.288. The van der Waals surface area contributed by atoms with Crippen molar-refractivity contribution < 1.29 is 19.7 Å². The van der Waals surface area contributed by atoms with Crippen molar-refractivity contribution in [3.63, 3.8) is 0 Å². The molecule has 162 valence electrons. The number of cyclic esters (lactones) is 1. The molecule has 0 spiro atoms. The Balaban J connectivity index is 1.81. The van der Waals surface area contributed by atoms with Crippen molar-refractivity contribution in [3.8, 4) is 0 Å². The Kier molecular flexibility index (Phi) is 6.45. The molecule has 0 aromatic heterocycles.